The molecular formula is C52H33NO. The second kappa shape index (κ2) is 12.2. The van der Waals surface area contributed by atoms with Gasteiger partial charge in [0.25, 0.3) is 0 Å². The van der Waals surface area contributed by atoms with Gasteiger partial charge in [-0.3, -0.25) is 0 Å². The molecule has 0 aliphatic rings. The lowest BCUT2D eigenvalue weighted by Gasteiger charge is -2.29. The van der Waals surface area contributed by atoms with Crippen molar-refractivity contribution in [3.63, 3.8) is 0 Å². The molecule has 1 aromatic heterocycles. The Bertz CT molecular complexity index is 3210. The third-order valence-corrected chi connectivity index (χ3v) is 11.0. The normalized spacial score (nSPS) is 11.7. The van der Waals surface area contributed by atoms with Gasteiger partial charge in [0.15, 0.2) is 0 Å². The highest BCUT2D eigenvalue weighted by Crippen LogP contribution is 2.49. The summed E-state index contributed by atoms with van der Waals surface area (Å²) in [6.07, 6.45) is 0. The number of hydrogen-bond acceptors (Lipinski definition) is 2. The molecule has 0 aliphatic carbocycles. The van der Waals surface area contributed by atoms with Gasteiger partial charge in [-0.05, 0) is 90.8 Å². The fraction of sp³-hybridized carbons (Fsp3) is 0. The number of nitrogens with zero attached hydrogens (tertiary/aromatic N) is 1. The van der Waals surface area contributed by atoms with Crippen LogP contribution in [-0.4, -0.2) is 0 Å². The zero-order valence-electron chi connectivity index (χ0n) is 29.4. The van der Waals surface area contributed by atoms with E-state index >= 15 is 0 Å². The first-order valence-electron chi connectivity index (χ1n) is 18.5. The quantitative estimate of drug-likeness (QED) is 0.168. The third kappa shape index (κ3) is 4.81. The maximum atomic E-state index is 6.86. The number of para-hydroxylation sites is 1. The Morgan fingerprint density at radius 2 is 0.907 bits per heavy atom. The summed E-state index contributed by atoms with van der Waals surface area (Å²) in [7, 11) is 0. The molecule has 0 saturated heterocycles. The molecule has 2 heteroatoms. The number of anilines is 3. The SMILES string of the molecule is c1ccc(-c2ccc(-c3ccc(N(c4ccc5c(ccc6ccccc65)c4)c4cc5ccccc5c5ccccc45)c4c3oc3ccccc34)cc2)cc1. The van der Waals surface area contributed by atoms with Gasteiger partial charge in [-0.1, -0.05) is 164 Å². The minimum Gasteiger partial charge on any atom is -0.455 e. The molecule has 0 unspecified atom stereocenters. The van der Waals surface area contributed by atoms with Gasteiger partial charge in [-0.15, -0.1) is 0 Å². The summed E-state index contributed by atoms with van der Waals surface area (Å²) in [6.45, 7) is 0. The molecule has 10 aromatic carbocycles. The minimum atomic E-state index is 0.871. The van der Waals surface area contributed by atoms with Crippen molar-refractivity contribution in [1.29, 1.82) is 0 Å². The first-order valence-corrected chi connectivity index (χ1v) is 18.5. The van der Waals surface area contributed by atoms with Gasteiger partial charge in [0.1, 0.15) is 11.2 Å². The maximum absolute atomic E-state index is 6.86. The zero-order chi connectivity index (χ0) is 35.6. The van der Waals surface area contributed by atoms with Crippen molar-refractivity contribution in [3.8, 4) is 22.3 Å². The van der Waals surface area contributed by atoms with Gasteiger partial charge in [-0.2, -0.15) is 0 Å². The van der Waals surface area contributed by atoms with Gasteiger partial charge in [0.2, 0.25) is 0 Å². The Kier molecular flexibility index (Phi) is 6.90. The van der Waals surface area contributed by atoms with Gasteiger partial charge in [-0.25, -0.2) is 0 Å². The molecule has 0 saturated carbocycles. The second-order valence-electron chi connectivity index (χ2n) is 14.1. The minimum absolute atomic E-state index is 0.871. The molecule has 1 heterocycles. The third-order valence-electron chi connectivity index (χ3n) is 11.0. The van der Waals surface area contributed by atoms with Crippen LogP contribution in [0.4, 0.5) is 17.1 Å². The number of fused-ring (bicyclic) bond motifs is 9. The Hall–Kier alpha value is -7.16. The Labute approximate surface area is 312 Å². The lowest BCUT2D eigenvalue weighted by atomic mass is 9.96. The Morgan fingerprint density at radius 3 is 1.72 bits per heavy atom. The molecule has 252 valence electrons. The fourth-order valence-corrected chi connectivity index (χ4v) is 8.46. The Morgan fingerprint density at radius 1 is 0.333 bits per heavy atom. The van der Waals surface area contributed by atoms with Crippen LogP contribution in [0.25, 0.3) is 87.3 Å². The fourth-order valence-electron chi connectivity index (χ4n) is 8.46. The van der Waals surface area contributed by atoms with Crippen molar-refractivity contribution in [2.45, 2.75) is 0 Å². The van der Waals surface area contributed by atoms with Crippen LogP contribution in [0, 0.1) is 0 Å². The Balaban J connectivity index is 1.20. The number of rotatable bonds is 5. The molecule has 0 spiro atoms. The molecule has 2 nitrogen and oxygen atoms in total. The van der Waals surface area contributed by atoms with E-state index < -0.39 is 0 Å². The molecule has 0 bridgehead atoms. The summed E-state index contributed by atoms with van der Waals surface area (Å²) in [5.74, 6) is 0. The molecule has 0 amide bonds. The lowest BCUT2D eigenvalue weighted by molar-refractivity contribution is 0.670. The van der Waals surface area contributed by atoms with E-state index in [1.165, 1.54) is 54.2 Å². The highest BCUT2D eigenvalue weighted by molar-refractivity contribution is 6.20. The van der Waals surface area contributed by atoms with Crippen molar-refractivity contribution in [3.05, 3.63) is 200 Å². The molecule has 0 fully saturated rings. The van der Waals surface area contributed by atoms with Crippen molar-refractivity contribution in [2.24, 2.45) is 0 Å². The predicted octanol–water partition coefficient (Wildman–Crippen LogP) is 15.0. The average molecular weight is 688 g/mol. The van der Waals surface area contributed by atoms with Crippen molar-refractivity contribution in [1.82, 2.24) is 0 Å². The number of furan rings is 1. The molecule has 11 aromatic rings. The topological polar surface area (TPSA) is 16.4 Å². The van der Waals surface area contributed by atoms with E-state index in [2.05, 4.69) is 205 Å². The standard InChI is InChI=1S/C52H33NO/c1-2-12-34(13-3-1)35-22-24-37(25-23-35)44-30-31-48(51-47-20-10-11-21-50(47)54-52(44)51)53(40-28-29-43-39(32-40)27-26-36-14-4-6-16-41(36)43)49-33-38-15-5-7-17-42(38)45-18-8-9-19-46(45)49/h1-33H. The molecule has 11 rings (SSSR count). The molecule has 54 heavy (non-hydrogen) atoms. The summed E-state index contributed by atoms with van der Waals surface area (Å²) < 4.78 is 6.86. The first-order chi connectivity index (χ1) is 26.8. The van der Waals surface area contributed by atoms with E-state index in [0.29, 0.717) is 0 Å². The smallest absolute Gasteiger partial charge is 0.145 e. The number of benzene rings is 10. The van der Waals surface area contributed by atoms with E-state index in [1.54, 1.807) is 0 Å². The lowest BCUT2D eigenvalue weighted by Crippen LogP contribution is -2.11. The molecular weight excluding hydrogens is 655 g/mol. The highest BCUT2D eigenvalue weighted by atomic mass is 16.3. The van der Waals surface area contributed by atoms with E-state index in [0.717, 1.165) is 50.1 Å². The van der Waals surface area contributed by atoms with E-state index in [-0.39, 0.29) is 0 Å². The van der Waals surface area contributed by atoms with Crippen LogP contribution in [0.1, 0.15) is 0 Å². The first kappa shape index (κ1) is 30.5. The van der Waals surface area contributed by atoms with E-state index in [1.807, 2.05) is 0 Å². The summed E-state index contributed by atoms with van der Waals surface area (Å²) >= 11 is 0. The van der Waals surface area contributed by atoms with E-state index in [4.69, 9.17) is 4.42 Å². The van der Waals surface area contributed by atoms with E-state index in [9.17, 15) is 0 Å². The molecule has 0 N–H and O–H groups in total. The van der Waals surface area contributed by atoms with Crippen molar-refractivity contribution in [2.75, 3.05) is 4.90 Å². The molecule has 0 atom stereocenters. The summed E-state index contributed by atoms with van der Waals surface area (Å²) in [4.78, 5) is 2.45. The van der Waals surface area contributed by atoms with Crippen LogP contribution in [0.15, 0.2) is 205 Å². The van der Waals surface area contributed by atoms with Crippen LogP contribution in [0.3, 0.4) is 0 Å². The average Bonchev–Trinajstić information content (AvgIpc) is 3.64. The van der Waals surface area contributed by atoms with Crippen LogP contribution in [-0.2, 0) is 0 Å². The van der Waals surface area contributed by atoms with Crippen LogP contribution < -0.4 is 4.90 Å². The molecule has 0 radical (unpaired) electrons. The molecule has 0 aliphatic heterocycles. The monoisotopic (exact) mass is 687 g/mol. The van der Waals surface area contributed by atoms with Gasteiger partial charge < -0.3 is 9.32 Å². The summed E-state index contributed by atoms with van der Waals surface area (Å²) in [6, 6.07) is 72.3. The van der Waals surface area contributed by atoms with Crippen LogP contribution in [0.2, 0.25) is 0 Å². The van der Waals surface area contributed by atoms with Crippen molar-refractivity contribution < 1.29 is 4.42 Å². The highest BCUT2D eigenvalue weighted by Gasteiger charge is 2.24. The van der Waals surface area contributed by atoms with Crippen LogP contribution in [0.5, 0.6) is 0 Å². The van der Waals surface area contributed by atoms with Gasteiger partial charge in [0, 0.05) is 22.0 Å². The summed E-state index contributed by atoms with van der Waals surface area (Å²) in [5.41, 5.74) is 9.60. The summed E-state index contributed by atoms with van der Waals surface area (Å²) in [5, 5.41) is 12.0. The van der Waals surface area contributed by atoms with Crippen molar-refractivity contribution >= 4 is 82.1 Å². The van der Waals surface area contributed by atoms with Crippen LogP contribution >= 0.6 is 0 Å². The predicted molar refractivity (Wildman–Crippen MR) is 229 cm³/mol. The number of hydrogen-bond donors (Lipinski definition) is 0. The van der Waals surface area contributed by atoms with Gasteiger partial charge >= 0.3 is 0 Å². The zero-order valence-corrected chi connectivity index (χ0v) is 29.4. The largest absolute Gasteiger partial charge is 0.455 e. The van der Waals surface area contributed by atoms with Gasteiger partial charge in [0.05, 0.1) is 16.8 Å². The maximum Gasteiger partial charge on any atom is 0.145 e. The second-order valence-corrected chi connectivity index (χ2v) is 14.1.